The van der Waals surface area contributed by atoms with Crippen molar-refractivity contribution in [2.45, 2.75) is 45.4 Å². The van der Waals surface area contributed by atoms with E-state index in [1.165, 1.54) is 25.7 Å². The quantitative estimate of drug-likeness (QED) is 0.706. The Kier molecular flexibility index (Phi) is 5.56. The van der Waals surface area contributed by atoms with Crippen LogP contribution in [0.5, 0.6) is 5.75 Å². The maximum atomic E-state index is 9.58. The van der Waals surface area contributed by atoms with Crippen LogP contribution < -0.4 is 0 Å². The van der Waals surface area contributed by atoms with Crippen LogP contribution in [0.25, 0.3) is 0 Å². The van der Waals surface area contributed by atoms with Gasteiger partial charge >= 0.3 is 0 Å². The first kappa shape index (κ1) is 12.4. The maximum Gasteiger partial charge on any atom is 0.118 e. The number of phenolic OH excluding ortho intramolecular Hbond substituents is 1. The summed E-state index contributed by atoms with van der Waals surface area (Å²) in [6.45, 7) is 2.21. The minimum absolute atomic E-state index is 0.370. The molecule has 2 heteroatoms. The van der Waals surface area contributed by atoms with Gasteiger partial charge in [-0.1, -0.05) is 44.2 Å². The van der Waals surface area contributed by atoms with Crippen LogP contribution in [0.2, 0.25) is 5.02 Å². The van der Waals surface area contributed by atoms with E-state index in [-0.39, 0.29) is 0 Å². The van der Waals surface area contributed by atoms with Crippen LogP contribution in [0, 0.1) is 0 Å². The van der Waals surface area contributed by atoms with Crippen molar-refractivity contribution < 1.29 is 5.11 Å². The van der Waals surface area contributed by atoms with Gasteiger partial charge in [-0.3, -0.25) is 0 Å². The topological polar surface area (TPSA) is 20.2 Å². The molecule has 0 spiro atoms. The van der Waals surface area contributed by atoms with Crippen LogP contribution in [0.15, 0.2) is 18.2 Å². The van der Waals surface area contributed by atoms with Gasteiger partial charge in [0, 0.05) is 5.02 Å². The van der Waals surface area contributed by atoms with E-state index in [1.54, 1.807) is 12.1 Å². The highest BCUT2D eigenvalue weighted by Gasteiger charge is 2.01. The number of halogens is 1. The lowest BCUT2D eigenvalue weighted by atomic mass is 10.0. The number of hydrogen-bond donors (Lipinski definition) is 1. The van der Waals surface area contributed by atoms with Crippen LogP contribution in [-0.4, -0.2) is 5.11 Å². The molecule has 0 aliphatic rings. The van der Waals surface area contributed by atoms with E-state index in [9.17, 15) is 5.11 Å². The minimum atomic E-state index is 0.370. The Labute approximate surface area is 97.1 Å². The number of unbranched alkanes of at least 4 members (excludes halogenated alkanes) is 4. The summed E-state index contributed by atoms with van der Waals surface area (Å²) in [6, 6.07) is 5.25. The number of benzene rings is 1. The molecule has 0 aliphatic carbocycles. The van der Waals surface area contributed by atoms with Gasteiger partial charge in [0.15, 0.2) is 0 Å². The van der Waals surface area contributed by atoms with Crippen molar-refractivity contribution in [2.75, 3.05) is 0 Å². The van der Waals surface area contributed by atoms with Crippen molar-refractivity contribution >= 4 is 11.6 Å². The van der Waals surface area contributed by atoms with Crippen LogP contribution in [0.4, 0.5) is 0 Å². The molecule has 1 N–H and O–H groups in total. The lowest BCUT2D eigenvalue weighted by Gasteiger charge is -2.04. The third-order valence-electron chi connectivity index (χ3n) is 2.59. The number of phenols is 1. The molecule has 0 unspecified atom stereocenters. The summed E-state index contributed by atoms with van der Waals surface area (Å²) >= 11 is 5.87. The average molecular weight is 227 g/mol. The summed E-state index contributed by atoms with van der Waals surface area (Å²) in [7, 11) is 0. The van der Waals surface area contributed by atoms with Gasteiger partial charge in [-0.2, -0.15) is 0 Å². The van der Waals surface area contributed by atoms with Crippen molar-refractivity contribution in [1.82, 2.24) is 0 Å². The Hall–Kier alpha value is -0.690. The van der Waals surface area contributed by atoms with Gasteiger partial charge in [0.25, 0.3) is 0 Å². The monoisotopic (exact) mass is 226 g/mol. The van der Waals surface area contributed by atoms with Gasteiger partial charge in [-0.15, -0.1) is 0 Å². The van der Waals surface area contributed by atoms with Crippen LogP contribution in [0.1, 0.15) is 44.6 Å². The van der Waals surface area contributed by atoms with Gasteiger partial charge in [0.05, 0.1) is 0 Å². The fourth-order valence-electron chi connectivity index (χ4n) is 1.67. The van der Waals surface area contributed by atoms with Gasteiger partial charge in [0.1, 0.15) is 5.75 Å². The Morgan fingerprint density at radius 1 is 1.13 bits per heavy atom. The smallest absolute Gasteiger partial charge is 0.118 e. The highest BCUT2D eigenvalue weighted by atomic mass is 35.5. The molecule has 0 saturated heterocycles. The molecular weight excluding hydrogens is 208 g/mol. The van der Waals surface area contributed by atoms with Crippen molar-refractivity contribution in [3.05, 3.63) is 28.8 Å². The first-order chi connectivity index (χ1) is 7.24. The van der Waals surface area contributed by atoms with Gasteiger partial charge in [0.2, 0.25) is 0 Å². The van der Waals surface area contributed by atoms with E-state index in [4.69, 9.17) is 11.6 Å². The summed E-state index contributed by atoms with van der Waals surface area (Å²) in [5, 5.41) is 10.3. The standard InChI is InChI=1S/C13H19ClO/c1-2-3-4-5-6-7-11-10-12(14)8-9-13(11)15/h8-10,15H,2-7H2,1H3. The summed E-state index contributed by atoms with van der Waals surface area (Å²) in [5.41, 5.74) is 0.971. The molecule has 0 aliphatic heterocycles. The van der Waals surface area contributed by atoms with E-state index in [0.717, 1.165) is 18.4 Å². The normalized spacial score (nSPS) is 10.5. The fraction of sp³-hybridized carbons (Fsp3) is 0.538. The van der Waals surface area contributed by atoms with E-state index in [2.05, 4.69) is 6.92 Å². The van der Waals surface area contributed by atoms with Crippen molar-refractivity contribution in [2.24, 2.45) is 0 Å². The average Bonchev–Trinajstić information content (AvgIpc) is 2.23. The lowest BCUT2D eigenvalue weighted by molar-refractivity contribution is 0.466. The maximum absolute atomic E-state index is 9.58. The number of hydrogen-bond acceptors (Lipinski definition) is 1. The first-order valence-corrected chi connectivity index (χ1v) is 6.09. The van der Waals surface area contributed by atoms with E-state index < -0.39 is 0 Å². The molecule has 0 amide bonds. The molecule has 0 aromatic heterocycles. The van der Waals surface area contributed by atoms with Crippen molar-refractivity contribution in [3.8, 4) is 5.75 Å². The minimum Gasteiger partial charge on any atom is -0.508 e. The SMILES string of the molecule is CCCCCCCc1cc(Cl)ccc1O. The molecule has 0 radical (unpaired) electrons. The Morgan fingerprint density at radius 3 is 2.60 bits per heavy atom. The number of aryl methyl sites for hydroxylation is 1. The second-order valence-corrected chi connectivity index (χ2v) is 4.37. The second-order valence-electron chi connectivity index (χ2n) is 3.94. The molecule has 1 nitrogen and oxygen atoms in total. The molecular formula is C13H19ClO. The highest BCUT2D eigenvalue weighted by Crippen LogP contribution is 2.23. The van der Waals surface area contributed by atoms with Crippen LogP contribution >= 0.6 is 11.6 Å². The summed E-state index contributed by atoms with van der Waals surface area (Å²) in [4.78, 5) is 0. The second kappa shape index (κ2) is 6.73. The molecule has 0 saturated carbocycles. The van der Waals surface area contributed by atoms with Crippen molar-refractivity contribution in [1.29, 1.82) is 0 Å². The van der Waals surface area contributed by atoms with E-state index >= 15 is 0 Å². The molecule has 15 heavy (non-hydrogen) atoms. The summed E-state index contributed by atoms with van der Waals surface area (Å²) < 4.78 is 0. The predicted molar refractivity (Wildman–Crippen MR) is 65.6 cm³/mol. The van der Waals surface area contributed by atoms with Gasteiger partial charge < -0.3 is 5.11 Å². The molecule has 0 heterocycles. The zero-order valence-electron chi connectivity index (χ0n) is 9.30. The van der Waals surface area contributed by atoms with E-state index in [0.29, 0.717) is 10.8 Å². The Balaban J connectivity index is 2.33. The molecule has 1 aromatic carbocycles. The molecule has 0 atom stereocenters. The summed E-state index contributed by atoms with van der Waals surface area (Å²) in [6.07, 6.45) is 7.16. The molecule has 0 fully saturated rings. The Bertz CT molecular complexity index is 297. The van der Waals surface area contributed by atoms with Crippen molar-refractivity contribution in [3.63, 3.8) is 0 Å². The number of rotatable bonds is 6. The molecule has 1 aromatic rings. The molecule has 0 bridgehead atoms. The lowest BCUT2D eigenvalue weighted by Crippen LogP contribution is -1.87. The van der Waals surface area contributed by atoms with Crippen LogP contribution in [-0.2, 0) is 6.42 Å². The predicted octanol–water partition coefficient (Wildman–Crippen LogP) is 4.56. The molecule has 84 valence electrons. The third-order valence-corrected chi connectivity index (χ3v) is 2.83. The summed E-state index contributed by atoms with van der Waals surface area (Å²) in [5.74, 6) is 0.370. The van der Waals surface area contributed by atoms with Gasteiger partial charge in [-0.05, 0) is 36.6 Å². The largest absolute Gasteiger partial charge is 0.508 e. The fourth-order valence-corrected chi connectivity index (χ4v) is 1.87. The Morgan fingerprint density at radius 2 is 1.87 bits per heavy atom. The zero-order valence-corrected chi connectivity index (χ0v) is 10.1. The third kappa shape index (κ3) is 4.57. The highest BCUT2D eigenvalue weighted by molar-refractivity contribution is 6.30. The number of aromatic hydroxyl groups is 1. The first-order valence-electron chi connectivity index (χ1n) is 5.71. The zero-order chi connectivity index (χ0) is 11.1. The van der Waals surface area contributed by atoms with Gasteiger partial charge in [-0.25, -0.2) is 0 Å². The molecule has 1 rings (SSSR count). The van der Waals surface area contributed by atoms with Crippen LogP contribution in [0.3, 0.4) is 0 Å². The van der Waals surface area contributed by atoms with E-state index in [1.807, 2.05) is 6.07 Å².